The fourth-order valence-corrected chi connectivity index (χ4v) is 1.30. The lowest BCUT2D eigenvalue weighted by molar-refractivity contribution is 0.161. The molecule has 1 N–H and O–H groups in total. The first-order chi connectivity index (χ1) is 5.29. The Kier molecular flexibility index (Phi) is 3.60. The number of hydrazine groups is 1. The molecule has 2 heteroatoms. The third-order valence-corrected chi connectivity index (χ3v) is 1.96. The van der Waals surface area contributed by atoms with E-state index in [1.807, 2.05) is 0 Å². The van der Waals surface area contributed by atoms with E-state index in [0.717, 1.165) is 6.54 Å². The zero-order chi connectivity index (χ0) is 8.10. The van der Waals surface area contributed by atoms with Gasteiger partial charge in [-0.25, -0.2) is 5.01 Å². The molecular formula is C9H18N2. The van der Waals surface area contributed by atoms with Crippen molar-refractivity contribution < 1.29 is 0 Å². The van der Waals surface area contributed by atoms with E-state index in [2.05, 4.69) is 23.9 Å². The van der Waals surface area contributed by atoms with Gasteiger partial charge in [0.25, 0.3) is 0 Å². The summed E-state index contributed by atoms with van der Waals surface area (Å²) < 4.78 is 0. The van der Waals surface area contributed by atoms with Crippen molar-refractivity contribution in [2.45, 2.75) is 26.2 Å². The van der Waals surface area contributed by atoms with Crippen LogP contribution in [0.3, 0.4) is 0 Å². The number of hydrogen-bond acceptors (Lipinski definition) is 2. The maximum atomic E-state index is 3.85. The molecule has 0 atom stereocenters. The summed E-state index contributed by atoms with van der Waals surface area (Å²) in [6, 6.07) is 0. The van der Waals surface area contributed by atoms with Gasteiger partial charge in [0.15, 0.2) is 0 Å². The Morgan fingerprint density at radius 3 is 2.55 bits per heavy atom. The Morgan fingerprint density at radius 2 is 2.00 bits per heavy atom. The van der Waals surface area contributed by atoms with Gasteiger partial charge in [0.05, 0.1) is 0 Å². The second-order valence-electron chi connectivity index (χ2n) is 3.34. The molecule has 0 aromatic heterocycles. The zero-order valence-corrected chi connectivity index (χ0v) is 7.40. The number of nitrogens with zero attached hydrogens (tertiary/aromatic N) is 1. The third kappa shape index (κ3) is 3.54. The van der Waals surface area contributed by atoms with Crippen LogP contribution in [-0.2, 0) is 0 Å². The highest BCUT2D eigenvalue weighted by atomic mass is 15.5. The smallest absolute Gasteiger partial charge is 0.0307 e. The van der Waals surface area contributed by atoms with Gasteiger partial charge >= 0.3 is 0 Å². The SMILES string of the molecule is C=C(C)CNN1CCCCC1. The molecule has 0 aliphatic carbocycles. The average molecular weight is 154 g/mol. The van der Waals surface area contributed by atoms with Gasteiger partial charge in [0.1, 0.15) is 0 Å². The van der Waals surface area contributed by atoms with Crippen molar-refractivity contribution in [2.24, 2.45) is 0 Å². The molecule has 0 unspecified atom stereocenters. The van der Waals surface area contributed by atoms with Crippen LogP contribution in [0.15, 0.2) is 12.2 Å². The molecule has 0 spiro atoms. The summed E-state index contributed by atoms with van der Waals surface area (Å²) in [6.07, 6.45) is 4.07. The molecular weight excluding hydrogens is 136 g/mol. The van der Waals surface area contributed by atoms with Crippen molar-refractivity contribution in [2.75, 3.05) is 19.6 Å². The third-order valence-electron chi connectivity index (χ3n) is 1.96. The Labute approximate surface area is 69.2 Å². The molecule has 1 fully saturated rings. The molecule has 0 saturated carbocycles. The monoisotopic (exact) mass is 154 g/mol. The van der Waals surface area contributed by atoms with Crippen molar-refractivity contribution in [3.8, 4) is 0 Å². The van der Waals surface area contributed by atoms with Gasteiger partial charge in [-0.15, -0.1) is 0 Å². The molecule has 1 rings (SSSR count). The minimum Gasteiger partial charge on any atom is -0.251 e. The first kappa shape index (κ1) is 8.75. The summed E-state index contributed by atoms with van der Waals surface area (Å²) in [4.78, 5) is 0. The second kappa shape index (κ2) is 4.52. The lowest BCUT2D eigenvalue weighted by atomic mass is 10.2. The van der Waals surface area contributed by atoms with Crippen LogP contribution in [0.1, 0.15) is 26.2 Å². The minimum absolute atomic E-state index is 0.931. The topological polar surface area (TPSA) is 15.3 Å². The van der Waals surface area contributed by atoms with E-state index >= 15 is 0 Å². The quantitative estimate of drug-likeness (QED) is 0.620. The van der Waals surface area contributed by atoms with E-state index in [-0.39, 0.29) is 0 Å². The van der Waals surface area contributed by atoms with Gasteiger partial charge in [-0.05, 0) is 19.8 Å². The highest BCUT2D eigenvalue weighted by molar-refractivity contribution is 4.90. The van der Waals surface area contributed by atoms with E-state index in [1.165, 1.54) is 37.9 Å². The molecule has 0 aromatic carbocycles. The first-order valence-corrected chi connectivity index (χ1v) is 4.42. The van der Waals surface area contributed by atoms with Crippen molar-refractivity contribution in [3.63, 3.8) is 0 Å². The van der Waals surface area contributed by atoms with Gasteiger partial charge in [-0.1, -0.05) is 18.6 Å². The predicted molar refractivity (Wildman–Crippen MR) is 48.2 cm³/mol. The van der Waals surface area contributed by atoms with E-state index < -0.39 is 0 Å². The van der Waals surface area contributed by atoms with Gasteiger partial charge in [-0.3, -0.25) is 5.43 Å². The highest BCUT2D eigenvalue weighted by Gasteiger charge is 2.07. The molecule has 0 amide bonds. The van der Waals surface area contributed by atoms with E-state index in [4.69, 9.17) is 0 Å². The minimum atomic E-state index is 0.931. The maximum absolute atomic E-state index is 3.85. The van der Waals surface area contributed by atoms with Crippen molar-refractivity contribution in [3.05, 3.63) is 12.2 Å². The van der Waals surface area contributed by atoms with Crippen LogP contribution < -0.4 is 5.43 Å². The fraction of sp³-hybridized carbons (Fsp3) is 0.778. The van der Waals surface area contributed by atoms with Gasteiger partial charge in [0, 0.05) is 19.6 Å². The maximum Gasteiger partial charge on any atom is 0.0307 e. The second-order valence-corrected chi connectivity index (χ2v) is 3.34. The fourth-order valence-electron chi connectivity index (χ4n) is 1.30. The van der Waals surface area contributed by atoms with Crippen LogP contribution >= 0.6 is 0 Å². The molecule has 1 saturated heterocycles. The van der Waals surface area contributed by atoms with Gasteiger partial charge < -0.3 is 0 Å². The van der Waals surface area contributed by atoms with Crippen molar-refractivity contribution in [1.82, 2.24) is 10.4 Å². The summed E-state index contributed by atoms with van der Waals surface area (Å²) in [5, 5.41) is 2.30. The Morgan fingerprint density at radius 1 is 1.36 bits per heavy atom. The largest absolute Gasteiger partial charge is 0.251 e. The molecule has 1 aliphatic rings. The molecule has 64 valence electrons. The Balaban J connectivity index is 2.09. The standard InChI is InChI=1S/C9H18N2/c1-9(2)8-10-11-6-4-3-5-7-11/h10H,1,3-8H2,2H3. The molecule has 0 radical (unpaired) electrons. The van der Waals surface area contributed by atoms with E-state index in [1.54, 1.807) is 0 Å². The van der Waals surface area contributed by atoms with Crippen molar-refractivity contribution >= 4 is 0 Å². The first-order valence-electron chi connectivity index (χ1n) is 4.42. The molecule has 1 heterocycles. The summed E-state index contributed by atoms with van der Waals surface area (Å²) in [7, 11) is 0. The lowest BCUT2D eigenvalue weighted by Crippen LogP contribution is -2.42. The zero-order valence-electron chi connectivity index (χ0n) is 7.40. The molecule has 2 nitrogen and oxygen atoms in total. The number of nitrogens with one attached hydrogen (secondary N) is 1. The van der Waals surface area contributed by atoms with Crippen LogP contribution in [0.25, 0.3) is 0 Å². The molecule has 0 aromatic rings. The van der Waals surface area contributed by atoms with Crippen LogP contribution in [-0.4, -0.2) is 24.6 Å². The Hall–Kier alpha value is -0.340. The van der Waals surface area contributed by atoms with Crippen LogP contribution in [0.2, 0.25) is 0 Å². The molecule has 1 aliphatic heterocycles. The normalized spacial score (nSPS) is 20.1. The lowest BCUT2D eigenvalue weighted by Gasteiger charge is -2.27. The number of hydrogen-bond donors (Lipinski definition) is 1. The molecule has 0 bridgehead atoms. The van der Waals surface area contributed by atoms with Gasteiger partial charge in [-0.2, -0.15) is 0 Å². The van der Waals surface area contributed by atoms with Gasteiger partial charge in [0.2, 0.25) is 0 Å². The molecule has 11 heavy (non-hydrogen) atoms. The van der Waals surface area contributed by atoms with Crippen molar-refractivity contribution in [1.29, 1.82) is 0 Å². The van der Waals surface area contributed by atoms with Crippen LogP contribution in [0.4, 0.5) is 0 Å². The highest BCUT2D eigenvalue weighted by Crippen LogP contribution is 2.05. The number of rotatable bonds is 3. The summed E-state index contributed by atoms with van der Waals surface area (Å²) in [5.41, 5.74) is 4.56. The summed E-state index contributed by atoms with van der Waals surface area (Å²) in [6.45, 7) is 9.24. The predicted octanol–water partition coefficient (Wildman–Crippen LogP) is 1.55. The van der Waals surface area contributed by atoms with E-state index in [9.17, 15) is 0 Å². The van der Waals surface area contributed by atoms with Crippen LogP contribution in [0, 0.1) is 0 Å². The average Bonchev–Trinajstić information content (AvgIpc) is 2.03. The summed E-state index contributed by atoms with van der Waals surface area (Å²) >= 11 is 0. The van der Waals surface area contributed by atoms with E-state index in [0.29, 0.717) is 0 Å². The Bertz CT molecular complexity index is 126. The number of piperidine rings is 1. The summed E-state index contributed by atoms with van der Waals surface area (Å²) in [5.74, 6) is 0. The van der Waals surface area contributed by atoms with Crippen LogP contribution in [0.5, 0.6) is 0 Å².